The largest absolute Gasteiger partial charge is 0.302 e. The minimum absolute atomic E-state index is 0.207. The highest BCUT2D eigenvalue weighted by Crippen LogP contribution is 1.83. The third-order valence-corrected chi connectivity index (χ3v) is 0.955. The van der Waals surface area contributed by atoms with E-state index in [1.54, 1.807) is 14.1 Å². The van der Waals surface area contributed by atoms with Crippen LogP contribution in [0, 0.1) is 0 Å². The number of H-pyrrole nitrogens is 1. The maximum absolute atomic E-state index is 11.0. The quantitative estimate of drug-likeness (QED) is 0.538. The molecule has 0 aliphatic carbocycles. The molecule has 60 valence electrons. The van der Waals surface area contributed by atoms with Crippen molar-refractivity contribution in [3.8, 4) is 0 Å². The SMILES string of the molecule is CN(C)NC(=O)c1ncn[nH]1. The Balaban J connectivity index is 2.57. The molecule has 0 aromatic carbocycles. The molecule has 0 bridgehead atoms. The fourth-order valence-electron chi connectivity index (χ4n) is 0.571. The molecule has 0 saturated carbocycles. The molecule has 6 heteroatoms. The summed E-state index contributed by atoms with van der Waals surface area (Å²) in [4.78, 5) is 14.7. The number of hydrazine groups is 1. The number of aromatic amines is 1. The van der Waals surface area contributed by atoms with Gasteiger partial charge in [0.1, 0.15) is 6.33 Å². The molecule has 0 fully saturated rings. The molecule has 0 saturated heterocycles. The molecule has 1 aromatic heterocycles. The lowest BCUT2D eigenvalue weighted by atomic mass is 10.6. The molecular weight excluding hydrogens is 146 g/mol. The standard InChI is InChI=1S/C5H9N5O/c1-10(2)9-5(11)4-6-3-7-8-4/h3H,1-2H3,(H,9,11)(H,6,7,8). The van der Waals surface area contributed by atoms with Crippen LogP contribution in [0.4, 0.5) is 0 Å². The fraction of sp³-hybridized carbons (Fsp3) is 0.400. The first kappa shape index (κ1) is 7.67. The van der Waals surface area contributed by atoms with Crippen molar-refractivity contribution in [2.45, 2.75) is 0 Å². The van der Waals surface area contributed by atoms with E-state index in [1.807, 2.05) is 0 Å². The second kappa shape index (κ2) is 3.11. The van der Waals surface area contributed by atoms with Crippen molar-refractivity contribution in [1.29, 1.82) is 0 Å². The Labute approximate surface area is 63.6 Å². The summed E-state index contributed by atoms with van der Waals surface area (Å²) in [5.41, 5.74) is 2.51. The van der Waals surface area contributed by atoms with Crippen LogP contribution in [0.2, 0.25) is 0 Å². The molecule has 0 spiro atoms. The molecule has 6 nitrogen and oxygen atoms in total. The predicted molar refractivity (Wildman–Crippen MR) is 37.5 cm³/mol. The normalized spacial score (nSPS) is 10.1. The van der Waals surface area contributed by atoms with E-state index in [1.165, 1.54) is 11.3 Å². The van der Waals surface area contributed by atoms with Gasteiger partial charge in [-0.25, -0.2) is 9.99 Å². The van der Waals surface area contributed by atoms with Gasteiger partial charge in [0.05, 0.1) is 0 Å². The Morgan fingerprint density at radius 2 is 2.45 bits per heavy atom. The van der Waals surface area contributed by atoms with E-state index in [2.05, 4.69) is 20.6 Å². The summed E-state index contributed by atoms with van der Waals surface area (Å²) in [5, 5.41) is 7.51. The summed E-state index contributed by atoms with van der Waals surface area (Å²) in [5.74, 6) is -0.0915. The van der Waals surface area contributed by atoms with E-state index in [0.717, 1.165) is 0 Å². The fourth-order valence-corrected chi connectivity index (χ4v) is 0.571. The Kier molecular flexibility index (Phi) is 2.17. The molecule has 0 unspecified atom stereocenters. The van der Waals surface area contributed by atoms with E-state index in [9.17, 15) is 4.79 Å². The van der Waals surface area contributed by atoms with Crippen molar-refractivity contribution >= 4 is 5.91 Å². The van der Waals surface area contributed by atoms with Gasteiger partial charge in [-0.05, 0) is 0 Å². The zero-order chi connectivity index (χ0) is 8.27. The minimum Gasteiger partial charge on any atom is -0.283 e. The molecule has 1 rings (SSSR count). The van der Waals surface area contributed by atoms with Gasteiger partial charge >= 0.3 is 5.91 Å². The van der Waals surface area contributed by atoms with Crippen LogP contribution in [0.1, 0.15) is 10.6 Å². The van der Waals surface area contributed by atoms with E-state index >= 15 is 0 Å². The second-order valence-electron chi connectivity index (χ2n) is 2.17. The van der Waals surface area contributed by atoms with E-state index in [0.29, 0.717) is 0 Å². The Bertz CT molecular complexity index is 229. The van der Waals surface area contributed by atoms with Crippen LogP contribution >= 0.6 is 0 Å². The molecule has 1 amide bonds. The maximum Gasteiger partial charge on any atom is 0.302 e. The molecule has 0 aliphatic heterocycles. The van der Waals surface area contributed by atoms with E-state index in [4.69, 9.17) is 0 Å². The lowest BCUT2D eigenvalue weighted by Gasteiger charge is -2.08. The van der Waals surface area contributed by atoms with Gasteiger partial charge in [0.15, 0.2) is 0 Å². The number of hydrogen-bond donors (Lipinski definition) is 2. The molecule has 1 heterocycles. The molecule has 2 N–H and O–H groups in total. The molecule has 0 aliphatic rings. The van der Waals surface area contributed by atoms with Gasteiger partial charge in [-0.15, -0.1) is 0 Å². The van der Waals surface area contributed by atoms with Gasteiger partial charge < -0.3 is 0 Å². The van der Waals surface area contributed by atoms with Gasteiger partial charge in [-0.2, -0.15) is 5.10 Å². The molecule has 0 radical (unpaired) electrons. The first-order chi connectivity index (χ1) is 5.20. The van der Waals surface area contributed by atoms with Crippen LogP contribution < -0.4 is 5.43 Å². The van der Waals surface area contributed by atoms with Crippen LogP contribution in [-0.4, -0.2) is 40.2 Å². The monoisotopic (exact) mass is 155 g/mol. The number of carbonyl (C=O) groups excluding carboxylic acids is 1. The summed E-state index contributed by atoms with van der Waals surface area (Å²) < 4.78 is 0. The van der Waals surface area contributed by atoms with Crippen LogP contribution in [0.15, 0.2) is 6.33 Å². The molecule has 0 atom stereocenters. The van der Waals surface area contributed by atoms with Gasteiger partial charge in [-0.1, -0.05) is 0 Å². The Hall–Kier alpha value is -1.43. The third-order valence-electron chi connectivity index (χ3n) is 0.955. The van der Waals surface area contributed by atoms with E-state index < -0.39 is 0 Å². The van der Waals surface area contributed by atoms with Crippen LogP contribution in [-0.2, 0) is 0 Å². The first-order valence-corrected chi connectivity index (χ1v) is 3.04. The molecule has 11 heavy (non-hydrogen) atoms. The summed E-state index contributed by atoms with van der Waals surface area (Å²) in [7, 11) is 3.43. The van der Waals surface area contributed by atoms with Crippen molar-refractivity contribution in [3.05, 3.63) is 12.2 Å². The highest BCUT2D eigenvalue weighted by Gasteiger charge is 2.07. The molecular formula is C5H9N5O. The summed E-state index contributed by atoms with van der Waals surface area (Å²) in [6.45, 7) is 0. The van der Waals surface area contributed by atoms with Crippen LogP contribution in [0.5, 0.6) is 0 Å². The lowest BCUT2D eigenvalue weighted by molar-refractivity contribution is 0.0846. The predicted octanol–water partition coefficient (Wildman–Crippen LogP) is -0.989. The smallest absolute Gasteiger partial charge is 0.283 e. The zero-order valence-electron chi connectivity index (χ0n) is 6.33. The van der Waals surface area contributed by atoms with Crippen molar-refractivity contribution < 1.29 is 4.79 Å². The van der Waals surface area contributed by atoms with E-state index in [-0.39, 0.29) is 11.7 Å². The maximum atomic E-state index is 11.0. The van der Waals surface area contributed by atoms with Crippen LogP contribution in [0.3, 0.4) is 0 Å². The highest BCUT2D eigenvalue weighted by atomic mass is 16.2. The lowest BCUT2D eigenvalue weighted by Crippen LogP contribution is -2.36. The number of amides is 1. The van der Waals surface area contributed by atoms with Gasteiger partial charge in [0.2, 0.25) is 5.82 Å². The number of carbonyl (C=O) groups is 1. The zero-order valence-corrected chi connectivity index (χ0v) is 6.33. The van der Waals surface area contributed by atoms with Gasteiger partial charge in [-0.3, -0.25) is 15.3 Å². The minimum atomic E-state index is -0.299. The summed E-state index contributed by atoms with van der Waals surface area (Å²) in [6.07, 6.45) is 1.28. The second-order valence-corrected chi connectivity index (χ2v) is 2.17. The number of hydrogen-bond acceptors (Lipinski definition) is 4. The third kappa shape index (κ3) is 2.01. The van der Waals surface area contributed by atoms with Crippen molar-refractivity contribution in [2.24, 2.45) is 0 Å². The van der Waals surface area contributed by atoms with Gasteiger partial charge in [0, 0.05) is 14.1 Å². The summed E-state index contributed by atoms with van der Waals surface area (Å²) >= 11 is 0. The number of rotatable bonds is 2. The average Bonchev–Trinajstić information content (AvgIpc) is 2.35. The number of nitrogens with zero attached hydrogens (tertiary/aromatic N) is 3. The van der Waals surface area contributed by atoms with Gasteiger partial charge in [0.25, 0.3) is 0 Å². The molecule has 1 aromatic rings. The Morgan fingerprint density at radius 3 is 2.91 bits per heavy atom. The van der Waals surface area contributed by atoms with Crippen molar-refractivity contribution in [3.63, 3.8) is 0 Å². The van der Waals surface area contributed by atoms with Crippen LogP contribution in [0.25, 0.3) is 0 Å². The van der Waals surface area contributed by atoms with Crippen molar-refractivity contribution in [1.82, 2.24) is 25.6 Å². The summed E-state index contributed by atoms with van der Waals surface area (Å²) in [6, 6.07) is 0. The van der Waals surface area contributed by atoms with Crippen molar-refractivity contribution in [2.75, 3.05) is 14.1 Å². The Morgan fingerprint density at radius 1 is 1.73 bits per heavy atom. The first-order valence-electron chi connectivity index (χ1n) is 3.04. The number of aromatic nitrogens is 3. The topological polar surface area (TPSA) is 73.9 Å². The average molecular weight is 155 g/mol. The highest BCUT2D eigenvalue weighted by molar-refractivity contribution is 5.89. The number of nitrogens with one attached hydrogen (secondary N) is 2.